The van der Waals surface area contributed by atoms with Gasteiger partial charge >= 0.3 is 0 Å². The van der Waals surface area contributed by atoms with Crippen LogP contribution in [0.4, 0.5) is 17.1 Å². The van der Waals surface area contributed by atoms with Crippen molar-refractivity contribution in [2.75, 3.05) is 4.90 Å². The summed E-state index contributed by atoms with van der Waals surface area (Å²) in [4.78, 5) is 2.42. The molecule has 0 amide bonds. The van der Waals surface area contributed by atoms with E-state index in [1.165, 1.54) is 61.3 Å². The number of nitrogens with zero attached hydrogens (tertiary/aromatic N) is 1. The summed E-state index contributed by atoms with van der Waals surface area (Å²) < 4.78 is 0. The quantitative estimate of drug-likeness (QED) is 0.186. The Labute approximate surface area is 272 Å². The Hall–Kier alpha value is -5.66. The van der Waals surface area contributed by atoms with Crippen molar-refractivity contribution in [3.63, 3.8) is 0 Å². The fraction of sp³-hybridized carbons (Fsp3) is 0.0667. The molecule has 0 spiro atoms. The third-order valence-electron chi connectivity index (χ3n) is 9.49. The van der Waals surface area contributed by atoms with Crippen molar-refractivity contribution in [2.24, 2.45) is 0 Å². The lowest BCUT2D eigenvalue weighted by molar-refractivity contribution is 0.660. The van der Waals surface area contributed by atoms with Crippen LogP contribution >= 0.6 is 0 Å². The van der Waals surface area contributed by atoms with Gasteiger partial charge in [0.2, 0.25) is 0 Å². The van der Waals surface area contributed by atoms with Gasteiger partial charge in [0, 0.05) is 22.4 Å². The maximum absolute atomic E-state index is 2.45. The van der Waals surface area contributed by atoms with Gasteiger partial charge in [-0.1, -0.05) is 153 Å². The molecule has 8 rings (SSSR count). The Kier molecular flexibility index (Phi) is 6.88. The third kappa shape index (κ3) is 4.82. The van der Waals surface area contributed by atoms with Crippen LogP contribution in [0.1, 0.15) is 25.0 Å². The van der Waals surface area contributed by atoms with Gasteiger partial charge in [-0.2, -0.15) is 0 Å². The summed E-state index contributed by atoms with van der Waals surface area (Å²) in [6.07, 6.45) is 0. The van der Waals surface area contributed by atoms with Gasteiger partial charge in [0.1, 0.15) is 0 Å². The maximum Gasteiger partial charge on any atom is 0.0543 e. The molecule has 1 aliphatic rings. The highest BCUT2D eigenvalue weighted by molar-refractivity contribution is 5.94. The van der Waals surface area contributed by atoms with Crippen LogP contribution in [0.15, 0.2) is 176 Å². The van der Waals surface area contributed by atoms with Gasteiger partial charge in [-0.3, -0.25) is 0 Å². The third-order valence-corrected chi connectivity index (χ3v) is 9.49. The second kappa shape index (κ2) is 11.4. The van der Waals surface area contributed by atoms with Crippen LogP contribution in [0, 0.1) is 0 Å². The van der Waals surface area contributed by atoms with Crippen LogP contribution < -0.4 is 4.90 Å². The standard InChI is InChI=1S/C45H35N/c1-45(2)42-21-13-12-20-39(42)41-30-40(36-16-8-4-9-17-36)44(31-43(41)45)46(37-18-10-5-11-19-37)38-28-26-35(27-29-38)34-24-22-33(23-25-34)32-14-6-3-7-15-32/h3-31H,1-2H3. The average Bonchev–Trinajstić information content (AvgIpc) is 3.35. The number of benzene rings is 7. The lowest BCUT2D eigenvalue weighted by atomic mass is 9.81. The normalized spacial score (nSPS) is 12.7. The van der Waals surface area contributed by atoms with E-state index in [0.717, 1.165) is 11.4 Å². The highest BCUT2D eigenvalue weighted by Gasteiger charge is 2.36. The highest BCUT2D eigenvalue weighted by Crippen LogP contribution is 2.53. The highest BCUT2D eigenvalue weighted by atomic mass is 15.1. The van der Waals surface area contributed by atoms with Gasteiger partial charge in [-0.15, -0.1) is 0 Å². The SMILES string of the molecule is CC1(C)c2ccccc2-c2cc(-c3ccccc3)c(N(c3ccccc3)c3ccc(-c4ccc(-c5ccccc5)cc4)cc3)cc21. The maximum atomic E-state index is 2.45. The van der Waals surface area contributed by atoms with E-state index < -0.39 is 0 Å². The first-order valence-electron chi connectivity index (χ1n) is 16.0. The van der Waals surface area contributed by atoms with Crippen molar-refractivity contribution in [1.29, 1.82) is 0 Å². The second-order valence-electron chi connectivity index (χ2n) is 12.6. The summed E-state index contributed by atoms with van der Waals surface area (Å²) in [5.74, 6) is 0. The fourth-order valence-corrected chi connectivity index (χ4v) is 7.06. The number of anilines is 3. The molecular formula is C45H35N. The van der Waals surface area contributed by atoms with Crippen molar-refractivity contribution in [3.05, 3.63) is 187 Å². The Morgan fingerprint density at radius 2 is 0.804 bits per heavy atom. The molecule has 7 aromatic carbocycles. The van der Waals surface area contributed by atoms with Gasteiger partial charge < -0.3 is 4.90 Å². The fourth-order valence-electron chi connectivity index (χ4n) is 7.06. The van der Waals surface area contributed by atoms with E-state index in [4.69, 9.17) is 0 Å². The smallest absolute Gasteiger partial charge is 0.0543 e. The van der Waals surface area contributed by atoms with E-state index in [9.17, 15) is 0 Å². The summed E-state index contributed by atoms with van der Waals surface area (Å²) >= 11 is 0. The predicted molar refractivity (Wildman–Crippen MR) is 195 cm³/mol. The van der Waals surface area contributed by atoms with Gasteiger partial charge in [-0.05, 0) is 86.5 Å². The number of hydrogen-bond acceptors (Lipinski definition) is 1. The van der Waals surface area contributed by atoms with Gasteiger partial charge in [-0.25, -0.2) is 0 Å². The molecule has 220 valence electrons. The first kappa shape index (κ1) is 27.9. The molecule has 0 saturated heterocycles. The van der Waals surface area contributed by atoms with Crippen molar-refractivity contribution in [3.8, 4) is 44.5 Å². The van der Waals surface area contributed by atoms with Crippen LogP contribution in [-0.4, -0.2) is 0 Å². The number of para-hydroxylation sites is 1. The van der Waals surface area contributed by atoms with Crippen LogP contribution in [0.5, 0.6) is 0 Å². The van der Waals surface area contributed by atoms with Crippen LogP contribution in [0.2, 0.25) is 0 Å². The largest absolute Gasteiger partial charge is 0.310 e. The molecular weight excluding hydrogens is 555 g/mol. The Morgan fingerprint density at radius 3 is 1.41 bits per heavy atom. The van der Waals surface area contributed by atoms with Crippen LogP contribution in [-0.2, 0) is 5.41 Å². The van der Waals surface area contributed by atoms with E-state index in [0.29, 0.717) is 0 Å². The van der Waals surface area contributed by atoms with E-state index in [1.807, 2.05) is 0 Å². The van der Waals surface area contributed by atoms with Gasteiger partial charge in [0.15, 0.2) is 0 Å². The van der Waals surface area contributed by atoms with Crippen molar-refractivity contribution in [1.82, 2.24) is 0 Å². The minimum Gasteiger partial charge on any atom is -0.310 e. The summed E-state index contributed by atoms with van der Waals surface area (Å²) in [5.41, 5.74) is 16.0. The monoisotopic (exact) mass is 589 g/mol. The Morgan fingerprint density at radius 1 is 0.348 bits per heavy atom. The summed E-state index contributed by atoms with van der Waals surface area (Å²) in [6, 6.07) is 63.8. The zero-order valence-electron chi connectivity index (χ0n) is 26.2. The van der Waals surface area contributed by atoms with Crippen LogP contribution in [0.25, 0.3) is 44.5 Å². The molecule has 0 unspecified atom stereocenters. The Balaban J connectivity index is 1.27. The predicted octanol–water partition coefficient (Wildman–Crippen LogP) is 12.5. The molecule has 1 heteroatoms. The average molecular weight is 590 g/mol. The van der Waals surface area contributed by atoms with Gasteiger partial charge in [0.05, 0.1) is 5.69 Å². The minimum atomic E-state index is -0.103. The zero-order valence-corrected chi connectivity index (χ0v) is 26.2. The molecule has 0 bridgehead atoms. The number of fused-ring (bicyclic) bond motifs is 3. The molecule has 0 N–H and O–H groups in total. The molecule has 7 aromatic rings. The van der Waals surface area contributed by atoms with Gasteiger partial charge in [0.25, 0.3) is 0 Å². The van der Waals surface area contributed by atoms with Crippen molar-refractivity contribution < 1.29 is 0 Å². The number of hydrogen-bond donors (Lipinski definition) is 0. The molecule has 0 aromatic heterocycles. The second-order valence-corrected chi connectivity index (χ2v) is 12.6. The molecule has 0 fully saturated rings. The van der Waals surface area contributed by atoms with E-state index >= 15 is 0 Å². The summed E-state index contributed by atoms with van der Waals surface area (Å²) in [6.45, 7) is 4.71. The zero-order chi connectivity index (χ0) is 31.1. The molecule has 1 aliphatic carbocycles. The Bertz CT molecular complexity index is 2130. The molecule has 1 nitrogen and oxygen atoms in total. The molecule has 0 radical (unpaired) electrons. The minimum absolute atomic E-state index is 0.103. The van der Waals surface area contributed by atoms with Crippen LogP contribution in [0.3, 0.4) is 0 Å². The van der Waals surface area contributed by atoms with Crippen molar-refractivity contribution >= 4 is 17.1 Å². The van der Waals surface area contributed by atoms with E-state index in [1.54, 1.807) is 0 Å². The first-order valence-corrected chi connectivity index (χ1v) is 16.0. The molecule has 0 atom stereocenters. The number of rotatable bonds is 6. The molecule has 0 saturated carbocycles. The lowest BCUT2D eigenvalue weighted by Gasteiger charge is -2.30. The topological polar surface area (TPSA) is 3.24 Å². The molecule has 0 heterocycles. The summed E-state index contributed by atoms with van der Waals surface area (Å²) in [7, 11) is 0. The molecule has 0 aliphatic heterocycles. The van der Waals surface area contributed by atoms with Crippen molar-refractivity contribution in [2.45, 2.75) is 19.3 Å². The lowest BCUT2D eigenvalue weighted by Crippen LogP contribution is -2.17. The first-order chi connectivity index (χ1) is 22.6. The summed E-state index contributed by atoms with van der Waals surface area (Å²) in [5, 5.41) is 0. The molecule has 46 heavy (non-hydrogen) atoms. The van der Waals surface area contributed by atoms with E-state index in [2.05, 4.69) is 195 Å². The van der Waals surface area contributed by atoms with E-state index in [-0.39, 0.29) is 5.41 Å².